The summed E-state index contributed by atoms with van der Waals surface area (Å²) in [5.41, 5.74) is 3.88. The van der Waals surface area contributed by atoms with Gasteiger partial charge in [0.2, 0.25) is 0 Å². The zero-order chi connectivity index (χ0) is 16.8. The van der Waals surface area contributed by atoms with E-state index in [1.807, 2.05) is 18.2 Å². The summed E-state index contributed by atoms with van der Waals surface area (Å²) >= 11 is 5.02. The number of carbonyl (C=O) groups excluding carboxylic acids is 1. The van der Waals surface area contributed by atoms with Crippen molar-refractivity contribution < 1.29 is 4.79 Å². The van der Waals surface area contributed by atoms with E-state index < -0.39 is 0 Å². The van der Waals surface area contributed by atoms with Crippen LogP contribution in [-0.2, 0) is 17.6 Å². The van der Waals surface area contributed by atoms with Crippen molar-refractivity contribution in [2.75, 3.05) is 11.9 Å². The Balaban J connectivity index is 1.89. The Hall–Kier alpha value is -1.97. The number of hydrogen-bond donors (Lipinski definition) is 0. The number of amides is 1. The summed E-state index contributed by atoms with van der Waals surface area (Å²) in [7, 11) is 1.75. The number of carbonyl (C=O) groups is 1. The molecule has 0 bridgehead atoms. The fraction of sp³-hybridized carbons (Fsp3) is 0.278. The molecule has 6 heteroatoms. The van der Waals surface area contributed by atoms with E-state index in [-0.39, 0.29) is 5.91 Å². The normalized spacial score (nSPS) is 17.8. The van der Waals surface area contributed by atoms with E-state index in [0.29, 0.717) is 16.3 Å². The number of likely N-dealkylation sites (N-methyl/N-ethyl adjacent to an activating group) is 1. The lowest BCUT2D eigenvalue weighted by atomic mass is 9.96. The lowest BCUT2D eigenvalue weighted by Crippen LogP contribution is -2.25. The maximum atomic E-state index is 12.6. The van der Waals surface area contributed by atoms with Crippen molar-refractivity contribution in [2.45, 2.75) is 25.7 Å². The van der Waals surface area contributed by atoms with Crippen LogP contribution >= 0.6 is 27.3 Å². The second-order valence-corrected chi connectivity index (χ2v) is 7.99. The maximum absolute atomic E-state index is 12.6. The van der Waals surface area contributed by atoms with Gasteiger partial charge in [-0.3, -0.25) is 4.79 Å². The van der Waals surface area contributed by atoms with Crippen LogP contribution in [0.1, 0.15) is 34.4 Å². The predicted octanol–water partition coefficient (Wildman–Crippen LogP) is 4.36. The molecular weight excluding hydrogens is 386 g/mol. The minimum atomic E-state index is -0.127. The highest BCUT2D eigenvalue weighted by Gasteiger charge is 2.32. The van der Waals surface area contributed by atoms with Crippen LogP contribution < -0.4 is 4.90 Å². The Bertz CT molecular complexity index is 938. The van der Waals surface area contributed by atoms with Crippen molar-refractivity contribution in [3.05, 3.63) is 44.2 Å². The largest absolute Gasteiger partial charge is 0.309 e. The Morgan fingerprint density at radius 3 is 2.92 bits per heavy atom. The molecule has 1 aliphatic heterocycles. The van der Waals surface area contributed by atoms with Crippen molar-refractivity contribution in [2.24, 2.45) is 4.99 Å². The van der Waals surface area contributed by atoms with Gasteiger partial charge in [0, 0.05) is 22.0 Å². The molecule has 4 nitrogen and oxygen atoms in total. The number of fused-ring (bicyclic) bond motifs is 2. The van der Waals surface area contributed by atoms with Gasteiger partial charge in [-0.05, 0) is 49.4 Å². The van der Waals surface area contributed by atoms with Gasteiger partial charge in [-0.1, -0.05) is 15.9 Å². The lowest BCUT2D eigenvalue weighted by Gasteiger charge is -2.09. The van der Waals surface area contributed by atoms with Gasteiger partial charge in [-0.15, -0.1) is 11.3 Å². The van der Waals surface area contributed by atoms with E-state index in [9.17, 15) is 10.1 Å². The highest BCUT2D eigenvalue weighted by atomic mass is 79.9. The number of nitriles is 1. The first-order valence-corrected chi connectivity index (χ1v) is 9.42. The zero-order valence-corrected chi connectivity index (χ0v) is 15.5. The van der Waals surface area contributed by atoms with Crippen LogP contribution in [0.4, 0.5) is 10.7 Å². The van der Waals surface area contributed by atoms with Crippen LogP contribution in [0.3, 0.4) is 0 Å². The number of thiophene rings is 1. The molecule has 0 saturated heterocycles. The van der Waals surface area contributed by atoms with Gasteiger partial charge >= 0.3 is 0 Å². The van der Waals surface area contributed by atoms with Crippen molar-refractivity contribution in [1.82, 2.24) is 0 Å². The van der Waals surface area contributed by atoms with Gasteiger partial charge in [-0.25, -0.2) is 4.99 Å². The average molecular weight is 400 g/mol. The van der Waals surface area contributed by atoms with Crippen LogP contribution in [0.25, 0.3) is 0 Å². The molecule has 24 heavy (non-hydrogen) atoms. The summed E-state index contributed by atoms with van der Waals surface area (Å²) in [5, 5.41) is 10.3. The summed E-state index contributed by atoms with van der Waals surface area (Å²) in [6, 6.07) is 8.04. The molecule has 120 valence electrons. The van der Waals surface area contributed by atoms with Gasteiger partial charge in [0.05, 0.1) is 11.3 Å². The van der Waals surface area contributed by atoms with Crippen molar-refractivity contribution in [3.8, 4) is 6.07 Å². The quantitative estimate of drug-likeness (QED) is 0.714. The fourth-order valence-corrected chi connectivity index (χ4v) is 4.91. The van der Waals surface area contributed by atoms with E-state index in [4.69, 9.17) is 0 Å². The third-order valence-corrected chi connectivity index (χ3v) is 6.24. The summed E-state index contributed by atoms with van der Waals surface area (Å²) < 4.78 is 0.906. The van der Waals surface area contributed by atoms with E-state index in [1.165, 1.54) is 4.88 Å². The summed E-state index contributed by atoms with van der Waals surface area (Å²) in [4.78, 5) is 20.1. The number of rotatable bonds is 1. The van der Waals surface area contributed by atoms with Crippen molar-refractivity contribution >= 4 is 49.6 Å². The minimum Gasteiger partial charge on any atom is -0.309 e. The third kappa shape index (κ3) is 2.31. The first-order chi connectivity index (χ1) is 11.6. The molecule has 0 saturated carbocycles. The van der Waals surface area contributed by atoms with Crippen LogP contribution in [-0.4, -0.2) is 18.7 Å². The molecule has 1 aromatic carbocycles. The third-order valence-electron chi connectivity index (χ3n) is 4.56. The first kappa shape index (κ1) is 15.6. The number of hydrogen-bond acceptors (Lipinski definition) is 4. The molecule has 0 fully saturated rings. The molecule has 1 aromatic heterocycles. The second-order valence-electron chi connectivity index (χ2n) is 5.99. The highest BCUT2D eigenvalue weighted by molar-refractivity contribution is 9.10. The molecule has 2 aromatic rings. The Morgan fingerprint density at radius 1 is 1.33 bits per heavy atom. The highest BCUT2D eigenvalue weighted by Crippen LogP contribution is 2.41. The Kier molecular flexibility index (Phi) is 3.78. The standard InChI is InChI=1S/C18H14BrN3OS/c1-22-14-7-6-10(19)8-12(14)16(18(22)23)21-17-13(9-20)11-4-2-3-5-15(11)24-17/h6-8H,2-5H2,1H3. The Morgan fingerprint density at radius 2 is 2.12 bits per heavy atom. The number of nitrogens with zero attached hydrogens (tertiary/aromatic N) is 3. The second kappa shape index (κ2) is 5.83. The van der Waals surface area contributed by atoms with Crippen LogP contribution in [0, 0.1) is 11.3 Å². The molecule has 0 atom stereocenters. The molecule has 1 amide bonds. The van der Waals surface area contributed by atoms with Crippen LogP contribution in [0.2, 0.25) is 0 Å². The SMILES string of the molecule is CN1C(=O)C(=Nc2sc3c(c2C#N)CCCC3)c2cc(Br)ccc21. The molecule has 4 rings (SSSR count). The lowest BCUT2D eigenvalue weighted by molar-refractivity contribution is -0.111. The Labute approximate surface area is 152 Å². The van der Waals surface area contributed by atoms with Gasteiger partial charge in [0.1, 0.15) is 16.8 Å². The number of benzene rings is 1. The molecule has 0 unspecified atom stereocenters. The van der Waals surface area contributed by atoms with E-state index in [0.717, 1.165) is 47.0 Å². The topological polar surface area (TPSA) is 56.5 Å². The number of aryl methyl sites for hydroxylation is 1. The van der Waals surface area contributed by atoms with Crippen molar-refractivity contribution in [1.29, 1.82) is 5.26 Å². The van der Waals surface area contributed by atoms with E-state index in [2.05, 4.69) is 27.0 Å². The number of anilines is 1. The minimum absolute atomic E-state index is 0.127. The van der Waals surface area contributed by atoms with Crippen LogP contribution in [0.15, 0.2) is 27.7 Å². The number of aliphatic imine (C=N–C) groups is 1. The van der Waals surface area contributed by atoms with E-state index in [1.54, 1.807) is 23.3 Å². The molecule has 0 spiro atoms. The summed E-state index contributed by atoms with van der Waals surface area (Å²) in [6.45, 7) is 0. The fourth-order valence-electron chi connectivity index (χ4n) is 3.33. The van der Waals surface area contributed by atoms with Gasteiger partial charge < -0.3 is 4.90 Å². The molecular formula is C18H14BrN3OS. The van der Waals surface area contributed by atoms with Gasteiger partial charge in [0.25, 0.3) is 5.91 Å². The summed E-state index contributed by atoms with van der Waals surface area (Å²) in [6.07, 6.45) is 4.22. The monoisotopic (exact) mass is 399 g/mol. The molecule has 1 aliphatic carbocycles. The molecule has 0 radical (unpaired) electrons. The first-order valence-electron chi connectivity index (χ1n) is 7.81. The molecule has 2 aliphatic rings. The zero-order valence-electron chi connectivity index (χ0n) is 13.1. The summed E-state index contributed by atoms with van der Waals surface area (Å²) in [5.74, 6) is -0.127. The number of halogens is 1. The van der Waals surface area contributed by atoms with Crippen molar-refractivity contribution in [3.63, 3.8) is 0 Å². The molecule has 0 N–H and O–H groups in total. The smallest absolute Gasteiger partial charge is 0.277 e. The molecule has 2 heterocycles. The van der Waals surface area contributed by atoms with Gasteiger partial charge in [0.15, 0.2) is 0 Å². The maximum Gasteiger partial charge on any atom is 0.277 e. The van der Waals surface area contributed by atoms with E-state index >= 15 is 0 Å². The van der Waals surface area contributed by atoms with Gasteiger partial charge in [-0.2, -0.15) is 5.26 Å². The van der Waals surface area contributed by atoms with Crippen LogP contribution in [0.5, 0.6) is 0 Å². The average Bonchev–Trinajstić information content (AvgIpc) is 3.05. The predicted molar refractivity (Wildman–Crippen MR) is 99.4 cm³/mol.